The lowest BCUT2D eigenvalue weighted by atomic mass is 9.80. The zero-order valence-electron chi connectivity index (χ0n) is 21.4. The Bertz CT molecular complexity index is 1420. The highest BCUT2D eigenvalue weighted by Gasteiger charge is 2.29. The highest BCUT2D eigenvalue weighted by atomic mass is 15.1. The Morgan fingerprint density at radius 2 is 2.00 bits per heavy atom. The van der Waals surface area contributed by atoms with E-state index >= 15 is 0 Å². The van der Waals surface area contributed by atoms with Gasteiger partial charge in [0.05, 0.1) is 5.69 Å². The second-order valence-corrected chi connectivity index (χ2v) is 10.5. The fraction of sp³-hybridized carbons (Fsp3) is 0.355. The van der Waals surface area contributed by atoms with Crippen LogP contribution in [0, 0.1) is 5.92 Å². The lowest BCUT2D eigenvalue weighted by Gasteiger charge is -2.29. The normalized spacial score (nSPS) is 19.1. The summed E-state index contributed by atoms with van der Waals surface area (Å²) in [4.78, 5) is 13.2. The molecule has 4 aromatic rings. The van der Waals surface area contributed by atoms with Gasteiger partial charge in [0.1, 0.15) is 22.9 Å². The van der Waals surface area contributed by atoms with E-state index in [1.807, 2.05) is 6.20 Å². The number of aromatic nitrogens is 4. The van der Waals surface area contributed by atoms with Crippen LogP contribution in [0.2, 0.25) is 0 Å². The topological polar surface area (TPSA) is 84.0 Å². The van der Waals surface area contributed by atoms with Gasteiger partial charge >= 0.3 is 0 Å². The van der Waals surface area contributed by atoms with Gasteiger partial charge < -0.3 is 16.0 Å². The number of nitrogens with zero attached hydrogens (tertiary/aromatic N) is 3. The minimum atomic E-state index is 0.398. The van der Waals surface area contributed by atoms with Gasteiger partial charge in [-0.3, -0.25) is 4.40 Å². The summed E-state index contributed by atoms with van der Waals surface area (Å²) in [6.45, 7) is 5.37. The Hall–Kier alpha value is -3.80. The molecule has 0 atom stereocenters. The van der Waals surface area contributed by atoms with Crippen LogP contribution in [0.25, 0.3) is 23.0 Å². The lowest BCUT2D eigenvalue weighted by molar-refractivity contribution is 0.342. The molecule has 3 aromatic heterocycles. The fourth-order valence-corrected chi connectivity index (χ4v) is 6.03. The number of allylic oxidation sites excluding steroid dienone is 2. The Labute approximate surface area is 218 Å². The standard InChI is InChI=1S/C31H36N6/c1-21(33-17-7-10-22-8-3-2-4-9-22)23-13-15-24(16-14-23)31-36-28(29-30(32)34-18-19-37(29)31)27-20-25-11-5-6-12-26(25)35-27/h2-4,6,8-9,12,18-20,23-24,33,35H,1,5,7,10-11,13-17H2,(H2,32,34). The maximum atomic E-state index is 6.40. The van der Waals surface area contributed by atoms with Crippen LogP contribution in [0.5, 0.6) is 0 Å². The monoisotopic (exact) mass is 492 g/mol. The van der Waals surface area contributed by atoms with Crippen LogP contribution in [0.4, 0.5) is 5.82 Å². The van der Waals surface area contributed by atoms with E-state index in [1.54, 1.807) is 6.20 Å². The number of aryl methyl sites for hydroxylation is 2. The molecule has 0 radical (unpaired) electrons. The van der Waals surface area contributed by atoms with Crippen molar-refractivity contribution >= 4 is 17.4 Å². The van der Waals surface area contributed by atoms with Gasteiger partial charge in [-0.15, -0.1) is 0 Å². The van der Waals surface area contributed by atoms with Crippen LogP contribution in [0.1, 0.15) is 67.1 Å². The molecule has 0 saturated heterocycles. The summed E-state index contributed by atoms with van der Waals surface area (Å²) in [5.74, 6) is 2.55. The van der Waals surface area contributed by atoms with Crippen molar-refractivity contribution in [3.05, 3.63) is 89.8 Å². The van der Waals surface area contributed by atoms with Gasteiger partial charge in [0.15, 0.2) is 0 Å². The Morgan fingerprint density at radius 3 is 2.81 bits per heavy atom. The van der Waals surface area contributed by atoms with Gasteiger partial charge in [0, 0.05) is 36.2 Å². The summed E-state index contributed by atoms with van der Waals surface area (Å²) >= 11 is 0. The van der Waals surface area contributed by atoms with Crippen molar-refractivity contribution in [1.82, 2.24) is 24.7 Å². The number of hydrogen-bond acceptors (Lipinski definition) is 4. The largest absolute Gasteiger partial charge is 0.389 e. The predicted octanol–water partition coefficient (Wildman–Crippen LogP) is 6.28. The predicted molar refractivity (Wildman–Crippen MR) is 151 cm³/mol. The summed E-state index contributed by atoms with van der Waals surface area (Å²) in [5, 5.41) is 3.61. The van der Waals surface area contributed by atoms with Crippen LogP contribution >= 0.6 is 0 Å². The van der Waals surface area contributed by atoms with E-state index in [0.29, 0.717) is 17.7 Å². The van der Waals surface area contributed by atoms with E-state index in [9.17, 15) is 0 Å². The molecule has 0 spiro atoms. The first-order valence-electron chi connectivity index (χ1n) is 13.6. The number of anilines is 1. The number of nitrogen functional groups attached to an aromatic ring is 1. The minimum Gasteiger partial charge on any atom is -0.389 e. The van der Waals surface area contributed by atoms with Crippen LogP contribution < -0.4 is 11.1 Å². The summed E-state index contributed by atoms with van der Waals surface area (Å²) in [6.07, 6.45) is 17.0. The molecule has 2 aliphatic carbocycles. The zero-order chi connectivity index (χ0) is 25.2. The van der Waals surface area contributed by atoms with Gasteiger partial charge in [0.2, 0.25) is 0 Å². The van der Waals surface area contributed by atoms with E-state index in [2.05, 4.69) is 74.8 Å². The van der Waals surface area contributed by atoms with Gasteiger partial charge in [-0.1, -0.05) is 43.0 Å². The highest BCUT2D eigenvalue weighted by Crippen LogP contribution is 2.40. The SMILES string of the molecule is C=C(NCCCc1ccccc1)C1CCC(c2nc(-c3cc4c([nH]3)C=CCC4)c3c(N)nccn23)CC1. The number of nitrogens with two attached hydrogens (primary N) is 1. The molecule has 4 N–H and O–H groups in total. The van der Waals surface area contributed by atoms with Crippen LogP contribution in [0.3, 0.4) is 0 Å². The highest BCUT2D eigenvalue weighted by molar-refractivity contribution is 5.85. The lowest BCUT2D eigenvalue weighted by Crippen LogP contribution is -2.25. The number of H-pyrrole nitrogens is 1. The van der Waals surface area contributed by atoms with Crippen LogP contribution in [0.15, 0.2) is 67.1 Å². The van der Waals surface area contributed by atoms with Crippen LogP contribution in [-0.2, 0) is 12.8 Å². The van der Waals surface area contributed by atoms with E-state index < -0.39 is 0 Å². The molecular formula is C31H36N6. The second-order valence-electron chi connectivity index (χ2n) is 10.5. The third kappa shape index (κ3) is 4.80. The smallest absolute Gasteiger partial charge is 0.150 e. The van der Waals surface area contributed by atoms with Crippen molar-refractivity contribution in [2.45, 2.75) is 57.3 Å². The summed E-state index contributed by atoms with van der Waals surface area (Å²) in [6, 6.07) is 12.9. The molecule has 0 bridgehead atoms. The first-order valence-corrected chi connectivity index (χ1v) is 13.6. The molecular weight excluding hydrogens is 456 g/mol. The number of rotatable bonds is 8. The van der Waals surface area contributed by atoms with E-state index in [1.165, 1.54) is 22.5 Å². The average Bonchev–Trinajstić information content (AvgIpc) is 3.54. The maximum Gasteiger partial charge on any atom is 0.150 e. The van der Waals surface area contributed by atoms with E-state index in [-0.39, 0.29) is 0 Å². The quantitative estimate of drug-likeness (QED) is 0.253. The molecule has 2 aliphatic rings. The number of benzene rings is 1. The molecule has 190 valence electrons. The molecule has 1 aromatic carbocycles. The molecule has 6 rings (SSSR count). The number of hydrogen-bond donors (Lipinski definition) is 3. The summed E-state index contributed by atoms with van der Waals surface area (Å²) in [7, 11) is 0. The molecule has 6 heteroatoms. The molecule has 3 heterocycles. The number of nitrogens with one attached hydrogen (secondary N) is 2. The third-order valence-corrected chi connectivity index (χ3v) is 8.09. The van der Waals surface area contributed by atoms with Gasteiger partial charge in [-0.2, -0.15) is 0 Å². The number of imidazole rings is 1. The first kappa shape index (κ1) is 23.6. The third-order valence-electron chi connectivity index (χ3n) is 8.09. The molecule has 0 unspecified atom stereocenters. The molecule has 1 saturated carbocycles. The molecule has 0 aliphatic heterocycles. The van der Waals surface area contributed by atoms with Crippen molar-refractivity contribution < 1.29 is 0 Å². The Kier molecular flexibility index (Phi) is 6.56. The molecule has 0 amide bonds. The van der Waals surface area contributed by atoms with Crippen molar-refractivity contribution in [3.63, 3.8) is 0 Å². The zero-order valence-corrected chi connectivity index (χ0v) is 21.4. The number of aromatic amines is 1. The average molecular weight is 493 g/mol. The fourth-order valence-electron chi connectivity index (χ4n) is 6.03. The minimum absolute atomic E-state index is 0.398. The van der Waals surface area contributed by atoms with Crippen molar-refractivity contribution in [2.24, 2.45) is 5.92 Å². The Balaban J connectivity index is 1.13. The first-order chi connectivity index (χ1) is 18.2. The van der Waals surface area contributed by atoms with Crippen molar-refractivity contribution in [1.29, 1.82) is 0 Å². The molecule has 6 nitrogen and oxygen atoms in total. The second kappa shape index (κ2) is 10.3. The number of fused-ring (bicyclic) bond motifs is 2. The van der Waals surface area contributed by atoms with Crippen LogP contribution in [-0.4, -0.2) is 25.9 Å². The molecule has 37 heavy (non-hydrogen) atoms. The van der Waals surface area contributed by atoms with E-state index in [4.69, 9.17) is 10.7 Å². The van der Waals surface area contributed by atoms with Gasteiger partial charge in [-0.05, 0) is 80.6 Å². The summed E-state index contributed by atoms with van der Waals surface area (Å²) < 4.78 is 2.18. The van der Waals surface area contributed by atoms with Crippen molar-refractivity contribution in [3.8, 4) is 11.4 Å². The van der Waals surface area contributed by atoms with Crippen molar-refractivity contribution in [2.75, 3.05) is 12.3 Å². The van der Waals surface area contributed by atoms with Gasteiger partial charge in [-0.25, -0.2) is 9.97 Å². The Morgan fingerprint density at radius 1 is 1.16 bits per heavy atom. The molecule has 1 fully saturated rings. The maximum absolute atomic E-state index is 6.40. The van der Waals surface area contributed by atoms with E-state index in [0.717, 1.165) is 80.6 Å². The summed E-state index contributed by atoms with van der Waals surface area (Å²) in [5.41, 5.74) is 14.4. The van der Waals surface area contributed by atoms with Gasteiger partial charge in [0.25, 0.3) is 0 Å².